The maximum atomic E-state index is 12.7. The number of aromatic nitrogens is 3. The van der Waals surface area contributed by atoms with Crippen molar-refractivity contribution in [2.75, 3.05) is 7.11 Å². The Morgan fingerprint density at radius 1 is 1.15 bits per heavy atom. The fraction of sp³-hybridized carbons (Fsp3) is 0.263. The average Bonchev–Trinajstić information content (AvgIpc) is 2.69. The van der Waals surface area contributed by atoms with Gasteiger partial charge in [-0.3, -0.25) is 13.9 Å². The number of ether oxygens (including phenoxy) is 1. The molecule has 1 aromatic carbocycles. The highest BCUT2D eigenvalue weighted by Gasteiger charge is 2.16. The second-order valence-corrected chi connectivity index (χ2v) is 7.14. The molecule has 2 heterocycles. The summed E-state index contributed by atoms with van der Waals surface area (Å²) in [6.45, 7) is 1.89. The molecule has 3 aromatic rings. The number of aryl methyl sites for hydroxylation is 2. The number of methoxy groups -OCH3 is 1. The van der Waals surface area contributed by atoms with Crippen LogP contribution < -0.4 is 11.2 Å². The van der Waals surface area contributed by atoms with Crippen molar-refractivity contribution in [1.29, 1.82) is 0 Å². The van der Waals surface area contributed by atoms with Gasteiger partial charge in [0.1, 0.15) is 5.65 Å². The number of esters is 1. The van der Waals surface area contributed by atoms with E-state index in [1.54, 1.807) is 25.4 Å². The van der Waals surface area contributed by atoms with Crippen molar-refractivity contribution < 1.29 is 9.53 Å². The highest BCUT2D eigenvalue weighted by atomic mass is 32.2. The second kappa shape index (κ2) is 7.40. The second-order valence-electron chi connectivity index (χ2n) is 6.15. The maximum absolute atomic E-state index is 12.7. The molecule has 27 heavy (non-hydrogen) atoms. The number of hydrogen-bond donors (Lipinski definition) is 0. The molecule has 0 unspecified atom stereocenters. The minimum absolute atomic E-state index is 0.354. The number of pyridine rings is 1. The van der Waals surface area contributed by atoms with Gasteiger partial charge in [0, 0.05) is 30.9 Å². The first-order chi connectivity index (χ1) is 12.8. The van der Waals surface area contributed by atoms with Gasteiger partial charge in [0.15, 0.2) is 0 Å². The number of carbonyl (C=O) groups excluding carboxylic acids is 1. The molecule has 2 aromatic heterocycles. The molecule has 7 nitrogen and oxygen atoms in total. The van der Waals surface area contributed by atoms with E-state index in [-0.39, 0.29) is 11.5 Å². The molecular formula is C19H19N3O4S. The van der Waals surface area contributed by atoms with Crippen LogP contribution in [0.1, 0.15) is 21.5 Å². The molecule has 140 valence electrons. The van der Waals surface area contributed by atoms with Gasteiger partial charge in [0.2, 0.25) is 0 Å². The summed E-state index contributed by atoms with van der Waals surface area (Å²) in [5, 5.41) is 0.441. The van der Waals surface area contributed by atoms with Gasteiger partial charge < -0.3 is 4.74 Å². The van der Waals surface area contributed by atoms with Crippen LogP contribution in [-0.4, -0.2) is 27.2 Å². The van der Waals surface area contributed by atoms with Gasteiger partial charge in [-0.15, -0.1) is 11.8 Å². The van der Waals surface area contributed by atoms with E-state index in [0.717, 1.165) is 20.6 Å². The van der Waals surface area contributed by atoms with E-state index in [1.165, 1.54) is 30.5 Å². The van der Waals surface area contributed by atoms with Gasteiger partial charge >= 0.3 is 11.7 Å². The van der Waals surface area contributed by atoms with E-state index in [9.17, 15) is 14.4 Å². The summed E-state index contributed by atoms with van der Waals surface area (Å²) >= 11 is 1.50. The molecule has 0 radical (unpaired) electrons. The van der Waals surface area contributed by atoms with E-state index in [0.29, 0.717) is 22.3 Å². The molecule has 8 heteroatoms. The van der Waals surface area contributed by atoms with Gasteiger partial charge in [-0.05, 0) is 30.2 Å². The summed E-state index contributed by atoms with van der Waals surface area (Å²) in [7, 11) is 4.41. The lowest BCUT2D eigenvalue weighted by Gasteiger charge is -2.12. The van der Waals surface area contributed by atoms with Gasteiger partial charge in [-0.1, -0.05) is 12.1 Å². The zero-order valence-corrected chi connectivity index (χ0v) is 16.3. The summed E-state index contributed by atoms with van der Waals surface area (Å²) in [6.07, 6.45) is 1.67. The van der Waals surface area contributed by atoms with Gasteiger partial charge in [0.25, 0.3) is 5.56 Å². The Morgan fingerprint density at radius 2 is 1.81 bits per heavy atom. The molecule has 0 aliphatic carbocycles. The number of benzene rings is 1. The molecule has 0 N–H and O–H groups in total. The summed E-state index contributed by atoms with van der Waals surface area (Å²) in [4.78, 5) is 41.4. The maximum Gasteiger partial charge on any atom is 0.337 e. The van der Waals surface area contributed by atoms with E-state index < -0.39 is 5.69 Å². The predicted molar refractivity (Wildman–Crippen MR) is 104 cm³/mol. The van der Waals surface area contributed by atoms with Crippen molar-refractivity contribution in [3.8, 4) is 0 Å². The zero-order valence-electron chi connectivity index (χ0n) is 15.5. The van der Waals surface area contributed by atoms with Crippen molar-refractivity contribution in [3.63, 3.8) is 0 Å². The summed E-state index contributed by atoms with van der Waals surface area (Å²) in [6, 6.07) is 7.13. The molecule has 0 atom stereocenters. The first-order valence-corrected chi connectivity index (χ1v) is 9.19. The zero-order chi connectivity index (χ0) is 19.7. The fourth-order valence-corrected chi connectivity index (χ4v) is 3.90. The summed E-state index contributed by atoms with van der Waals surface area (Å²) in [5.74, 6) is 0.225. The lowest BCUT2D eigenvalue weighted by molar-refractivity contribution is 0.0600. The number of carbonyl (C=O) groups is 1. The molecule has 0 aliphatic rings. The van der Waals surface area contributed by atoms with Gasteiger partial charge in [-0.2, -0.15) is 0 Å². The number of hydrogen-bond acceptors (Lipinski definition) is 6. The standard InChI is InChI=1S/C19H19N3O4S/c1-11-9-20-16-14(17(23)22(3)19(25)21(16)2)15(11)27-10-12-5-7-13(8-6-12)18(24)26-4/h5-9H,10H2,1-4H3. The van der Waals surface area contributed by atoms with E-state index in [2.05, 4.69) is 4.98 Å². The van der Waals surface area contributed by atoms with E-state index >= 15 is 0 Å². The van der Waals surface area contributed by atoms with Crippen LogP contribution >= 0.6 is 11.8 Å². The van der Waals surface area contributed by atoms with Crippen LogP contribution in [0.3, 0.4) is 0 Å². The molecular weight excluding hydrogens is 366 g/mol. The Bertz CT molecular complexity index is 1150. The Labute approximate surface area is 159 Å². The van der Waals surface area contributed by atoms with Crippen molar-refractivity contribution in [2.45, 2.75) is 17.6 Å². The third-order valence-electron chi connectivity index (χ3n) is 4.36. The minimum Gasteiger partial charge on any atom is -0.465 e. The molecule has 0 aliphatic heterocycles. The highest BCUT2D eigenvalue weighted by molar-refractivity contribution is 7.98. The van der Waals surface area contributed by atoms with Crippen LogP contribution in [0.25, 0.3) is 11.0 Å². The average molecular weight is 385 g/mol. The third-order valence-corrected chi connectivity index (χ3v) is 5.65. The Balaban J connectivity index is 2.00. The van der Waals surface area contributed by atoms with E-state index in [4.69, 9.17) is 4.74 Å². The smallest absolute Gasteiger partial charge is 0.337 e. The Kier molecular flexibility index (Phi) is 5.18. The van der Waals surface area contributed by atoms with Crippen LogP contribution in [0.2, 0.25) is 0 Å². The van der Waals surface area contributed by atoms with Crippen LogP contribution in [0.5, 0.6) is 0 Å². The Morgan fingerprint density at radius 3 is 2.44 bits per heavy atom. The molecule has 0 saturated heterocycles. The van der Waals surface area contributed by atoms with Crippen molar-refractivity contribution in [1.82, 2.24) is 14.1 Å². The van der Waals surface area contributed by atoms with Crippen LogP contribution in [0, 0.1) is 6.92 Å². The monoisotopic (exact) mass is 385 g/mol. The predicted octanol–water partition coefficient (Wildman–Crippen LogP) is 2.02. The lowest BCUT2D eigenvalue weighted by Crippen LogP contribution is -2.37. The fourth-order valence-electron chi connectivity index (χ4n) is 2.79. The molecule has 0 fully saturated rings. The SMILES string of the molecule is COC(=O)c1ccc(CSc2c(C)cnc3c2c(=O)n(C)c(=O)n3C)cc1. The topological polar surface area (TPSA) is 83.2 Å². The summed E-state index contributed by atoms with van der Waals surface area (Å²) < 4.78 is 7.17. The number of nitrogens with zero attached hydrogens (tertiary/aromatic N) is 3. The quantitative estimate of drug-likeness (QED) is 0.505. The minimum atomic E-state index is -0.404. The molecule has 0 amide bonds. The van der Waals surface area contributed by atoms with Crippen molar-refractivity contribution in [2.24, 2.45) is 14.1 Å². The van der Waals surface area contributed by atoms with Crippen LogP contribution in [0.4, 0.5) is 0 Å². The van der Waals surface area contributed by atoms with Crippen LogP contribution in [-0.2, 0) is 24.6 Å². The number of fused-ring (bicyclic) bond motifs is 1. The lowest BCUT2D eigenvalue weighted by atomic mass is 10.1. The highest BCUT2D eigenvalue weighted by Crippen LogP contribution is 2.30. The van der Waals surface area contributed by atoms with E-state index in [1.807, 2.05) is 19.1 Å². The van der Waals surface area contributed by atoms with Gasteiger partial charge in [0.05, 0.1) is 18.1 Å². The first-order valence-electron chi connectivity index (χ1n) is 8.20. The third kappa shape index (κ3) is 3.40. The first kappa shape index (κ1) is 18.9. The van der Waals surface area contributed by atoms with Crippen LogP contribution in [0.15, 0.2) is 44.9 Å². The van der Waals surface area contributed by atoms with Crippen molar-refractivity contribution in [3.05, 3.63) is 68.0 Å². The number of rotatable bonds is 4. The normalized spacial score (nSPS) is 11.0. The molecule has 0 saturated carbocycles. The van der Waals surface area contributed by atoms with Crippen molar-refractivity contribution >= 4 is 28.8 Å². The Hall–Kier alpha value is -2.87. The number of thioether (sulfide) groups is 1. The molecule has 0 spiro atoms. The molecule has 0 bridgehead atoms. The largest absolute Gasteiger partial charge is 0.465 e. The summed E-state index contributed by atoms with van der Waals surface area (Å²) in [5.41, 5.74) is 1.97. The van der Waals surface area contributed by atoms with Gasteiger partial charge in [-0.25, -0.2) is 14.6 Å². The molecule has 3 rings (SSSR count).